The molecule has 36 heavy (non-hydrogen) atoms. The molecule has 0 heterocycles. The topological polar surface area (TPSA) is 63.6 Å². The highest BCUT2D eigenvalue weighted by Gasteiger charge is 2.62. The Balaban J connectivity index is 1.69. The zero-order chi connectivity index (χ0) is 26.9. The number of allylic oxidation sites excluding steroid dienone is 2. The van der Waals surface area contributed by atoms with Crippen molar-refractivity contribution in [2.75, 3.05) is 7.11 Å². The number of aliphatic hydroxyl groups excluding tert-OH is 1. The zero-order valence-corrected chi connectivity index (χ0v) is 24.5. The second-order valence-corrected chi connectivity index (χ2v) is 15.0. The largest absolute Gasteiger partial charge is 0.469 e. The van der Waals surface area contributed by atoms with E-state index >= 15 is 0 Å². The van der Waals surface area contributed by atoms with Gasteiger partial charge in [0.05, 0.1) is 18.6 Å². The van der Waals surface area contributed by atoms with Crippen LogP contribution in [0.15, 0.2) is 11.6 Å². The molecule has 3 saturated carbocycles. The van der Waals surface area contributed by atoms with Crippen molar-refractivity contribution in [2.24, 2.45) is 50.7 Å². The summed E-state index contributed by atoms with van der Waals surface area (Å²) in [6.07, 6.45) is 10.6. The monoisotopic (exact) mass is 500 g/mol. The smallest absolute Gasteiger partial charge is 0.311 e. The summed E-state index contributed by atoms with van der Waals surface area (Å²) in [6.45, 7) is 18.2. The van der Waals surface area contributed by atoms with E-state index in [9.17, 15) is 14.7 Å². The third-order valence-electron chi connectivity index (χ3n) is 12.9. The van der Waals surface area contributed by atoms with E-state index in [2.05, 4.69) is 55.4 Å². The Morgan fingerprint density at radius 3 is 2.31 bits per heavy atom. The molecule has 9 atom stereocenters. The first-order chi connectivity index (χ1) is 16.6. The molecule has 0 aliphatic heterocycles. The highest BCUT2D eigenvalue weighted by Crippen LogP contribution is 2.69. The summed E-state index contributed by atoms with van der Waals surface area (Å²) in [6, 6.07) is 0. The predicted octanol–water partition coefficient (Wildman–Crippen LogP) is 7.14. The summed E-state index contributed by atoms with van der Waals surface area (Å²) in [5, 5.41) is 10.8. The van der Waals surface area contributed by atoms with Crippen LogP contribution in [0.4, 0.5) is 0 Å². The molecule has 0 bridgehead atoms. The van der Waals surface area contributed by atoms with Gasteiger partial charge in [-0.25, -0.2) is 0 Å². The fourth-order valence-corrected chi connectivity index (χ4v) is 9.34. The molecule has 4 nitrogen and oxygen atoms in total. The van der Waals surface area contributed by atoms with E-state index in [1.54, 1.807) is 0 Å². The fourth-order valence-electron chi connectivity index (χ4n) is 9.34. The van der Waals surface area contributed by atoms with Crippen molar-refractivity contribution in [3.63, 3.8) is 0 Å². The Morgan fingerprint density at radius 2 is 1.67 bits per heavy atom. The van der Waals surface area contributed by atoms with Crippen LogP contribution >= 0.6 is 0 Å². The highest BCUT2D eigenvalue weighted by molar-refractivity contribution is 5.94. The molecule has 0 aromatic carbocycles. The van der Waals surface area contributed by atoms with Crippen LogP contribution in [-0.4, -0.2) is 30.1 Å². The molecule has 0 aromatic rings. The number of fused-ring (bicyclic) bond motifs is 3. The van der Waals surface area contributed by atoms with E-state index in [4.69, 9.17) is 4.74 Å². The first-order valence-corrected chi connectivity index (χ1v) is 14.6. The molecular formula is C32H52O4. The molecule has 4 rings (SSSR count). The lowest BCUT2D eigenvalue weighted by molar-refractivity contribution is -0.159. The van der Waals surface area contributed by atoms with Crippen LogP contribution in [-0.2, 0) is 14.3 Å². The van der Waals surface area contributed by atoms with Crippen LogP contribution in [0.3, 0.4) is 0 Å². The number of rotatable bonds is 4. The minimum Gasteiger partial charge on any atom is -0.469 e. The van der Waals surface area contributed by atoms with E-state index in [0.29, 0.717) is 11.8 Å². The Morgan fingerprint density at radius 1 is 1.03 bits per heavy atom. The van der Waals surface area contributed by atoms with Crippen LogP contribution in [0.5, 0.6) is 0 Å². The lowest BCUT2D eigenvalue weighted by Gasteiger charge is -2.64. The van der Waals surface area contributed by atoms with Gasteiger partial charge in [-0.3, -0.25) is 9.59 Å². The number of aliphatic hydroxyl groups is 1. The van der Waals surface area contributed by atoms with E-state index in [1.807, 2.05) is 6.08 Å². The maximum atomic E-state index is 13.6. The van der Waals surface area contributed by atoms with Gasteiger partial charge in [-0.05, 0) is 110 Å². The number of hydrogen-bond donors (Lipinski definition) is 1. The van der Waals surface area contributed by atoms with Gasteiger partial charge in [0, 0.05) is 5.92 Å². The van der Waals surface area contributed by atoms with E-state index < -0.39 is 5.41 Å². The molecule has 0 aromatic heterocycles. The third-order valence-corrected chi connectivity index (χ3v) is 12.9. The van der Waals surface area contributed by atoms with E-state index in [0.717, 1.165) is 57.8 Å². The molecule has 4 aliphatic carbocycles. The van der Waals surface area contributed by atoms with Crippen LogP contribution < -0.4 is 0 Å². The second-order valence-electron chi connectivity index (χ2n) is 15.0. The molecule has 204 valence electrons. The second kappa shape index (κ2) is 8.95. The van der Waals surface area contributed by atoms with Gasteiger partial charge < -0.3 is 9.84 Å². The molecule has 1 N–H and O–H groups in total. The third kappa shape index (κ3) is 3.95. The Hall–Kier alpha value is -1.16. The zero-order valence-electron chi connectivity index (χ0n) is 24.5. The molecule has 0 amide bonds. The molecule has 1 unspecified atom stereocenters. The van der Waals surface area contributed by atoms with Gasteiger partial charge in [-0.2, -0.15) is 0 Å². The SMILES string of the molecule is COC(=O)[C@@]1(C)CC[C@]2(C)CC[C@]3(C)C(=CC(=O)[C@H](C)[C@@]3(C)CCC3[C@H](C)CC[C@H](O)C3(C)C)[C@@H]2C1. The average Bonchev–Trinajstić information content (AvgIpc) is 2.82. The van der Waals surface area contributed by atoms with Crippen molar-refractivity contribution in [3.05, 3.63) is 11.6 Å². The van der Waals surface area contributed by atoms with Crippen molar-refractivity contribution in [1.29, 1.82) is 0 Å². The number of carbonyl (C=O) groups is 2. The van der Waals surface area contributed by atoms with Crippen LogP contribution in [0, 0.1) is 50.7 Å². The van der Waals surface area contributed by atoms with Crippen LogP contribution in [0.2, 0.25) is 0 Å². The number of carbonyl (C=O) groups excluding carboxylic acids is 2. The lowest BCUT2D eigenvalue weighted by atomic mass is 9.40. The molecule has 3 fully saturated rings. The summed E-state index contributed by atoms with van der Waals surface area (Å²) < 4.78 is 5.24. The first kappa shape index (κ1) is 27.9. The van der Waals surface area contributed by atoms with Crippen LogP contribution in [0.25, 0.3) is 0 Å². The van der Waals surface area contributed by atoms with Crippen molar-refractivity contribution in [2.45, 2.75) is 119 Å². The minimum atomic E-state index is -0.488. The maximum Gasteiger partial charge on any atom is 0.311 e. The lowest BCUT2D eigenvalue weighted by Crippen LogP contribution is -2.57. The molecular weight excluding hydrogens is 448 g/mol. The fraction of sp³-hybridized carbons (Fsp3) is 0.875. The summed E-state index contributed by atoms with van der Waals surface area (Å²) in [5.41, 5.74) is 0.634. The normalized spacial score (nSPS) is 48.4. The molecule has 0 saturated heterocycles. The van der Waals surface area contributed by atoms with E-state index in [-0.39, 0.29) is 51.4 Å². The Kier molecular flexibility index (Phi) is 6.93. The molecule has 4 heteroatoms. The van der Waals surface area contributed by atoms with Gasteiger partial charge >= 0.3 is 5.97 Å². The number of ketones is 1. The number of esters is 1. The number of ether oxygens (including phenoxy) is 1. The van der Waals surface area contributed by atoms with Crippen molar-refractivity contribution >= 4 is 11.8 Å². The minimum absolute atomic E-state index is 0.0295. The van der Waals surface area contributed by atoms with Crippen molar-refractivity contribution < 1.29 is 19.4 Å². The standard InChI is InChI=1S/C32H52O4/c1-20-10-11-26(34)28(3,4)22(20)12-13-31(7)21(2)25(33)18-23-24-19-30(6,27(35)36-9)15-14-29(24,5)16-17-32(23,31)8/h18,20-22,24,26,34H,10-17,19H2,1-9H3/t20-,21+,22?,24+,26+,29-,30+,31-,32-/m1/s1. The van der Waals surface area contributed by atoms with Crippen molar-refractivity contribution in [3.8, 4) is 0 Å². The number of hydrogen-bond acceptors (Lipinski definition) is 4. The summed E-state index contributed by atoms with van der Waals surface area (Å²) >= 11 is 0. The molecule has 4 aliphatic rings. The van der Waals surface area contributed by atoms with Gasteiger partial charge in [0.1, 0.15) is 0 Å². The van der Waals surface area contributed by atoms with Gasteiger partial charge in [0.15, 0.2) is 5.78 Å². The highest BCUT2D eigenvalue weighted by atomic mass is 16.5. The Bertz CT molecular complexity index is 934. The van der Waals surface area contributed by atoms with Gasteiger partial charge in [0.2, 0.25) is 0 Å². The maximum absolute atomic E-state index is 13.6. The predicted molar refractivity (Wildman–Crippen MR) is 144 cm³/mol. The molecule has 0 spiro atoms. The number of methoxy groups -OCH3 is 1. The van der Waals surface area contributed by atoms with Crippen LogP contribution in [0.1, 0.15) is 113 Å². The summed E-state index contributed by atoms with van der Waals surface area (Å²) in [7, 11) is 1.50. The van der Waals surface area contributed by atoms with Gasteiger partial charge in [-0.1, -0.05) is 54.0 Å². The molecule has 0 radical (unpaired) electrons. The van der Waals surface area contributed by atoms with Gasteiger partial charge in [-0.15, -0.1) is 0 Å². The van der Waals surface area contributed by atoms with Gasteiger partial charge in [0.25, 0.3) is 0 Å². The first-order valence-electron chi connectivity index (χ1n) is 14.6. The van der Waals surface area contributed by atoms with E-state index in [1.165, 1.54) is 12.7 Å². The van der Waals surface area contributed by atoms with Crippen molar-refractivity contribution in [1.82, 2.24) is 0 Å². The quantitative estimate of drug-likeness (QED) is 0.417. The average molecular weight is 501 g/mol. The summed E-state index contributed by atoms with van der Waals surface area (Å²) in [4.78, 5) is 26.4. The summed E-state index contributed by atoms with van der Waals surface area (Å²) in [5.74, 6) is 1.39. The Labute approximate surface area is 220 Å².